The topological polar surface area (TPSA) is 85.0 Å². The van der Waals surface area contributed by atoms with Crippen LogP contribution in [0.3, 0.4) is 0 Å². The number of hydrogen-bond acceptors (Lipinski definition) is 4. The van der Waals surface area contributed by atoms with E-state index in [4.69, 9.17) is 12.2 Å². The molecule has 1 aromatic heterocycles. The van der Waals surface area contributed by atoms with Gasteiger partial charge in [-0.05, 0) is 36.3 Å². The van der Waals surface area contributed by atoms with E-state index in [2.05, 4.69) is 34.8 Å². The van der Waals surface area contributed by atoms with Crippen LogP contribution in [0.25, 0.3) is 0 Å². The van der Waals surface area contributed by atoms with Gasteiger partial charge in [-0.3, -0.25) is 14.8 Å². The highest BCUT2D eigenvalue weighted by Crippen LogP contribution is 2.17. The average molecular weight is 367 g/mol. The van der Waals surface area contributed by atoms with Crippen LogP contribution in [-0.2, 0) is 6.54 Å². The van der Waals surface area contributed by atoms with Gasteiger partial charge < -0.3 is 10.6 Å². The fraction of sp³-hybridized carbons (Fsp3) is 0.111. The number of thiocarbonyl (C=S) groups is 1. The van der Waals surface area contributed by atoms with Crippen molar-refractivity contribution >= 4 is 34.5 Å². The maximum absolute atomic E-state index is 10.8. The third kappa shape index (κ3) is 4.42. The summed E-state index contributed by atoms with van der Waals surface area (Å²) in [5.41, 5.74) is 2.94. The molecule has 0 atom stereocenters. The monoisotopic (exact) mass is 367 g/mol. The van der Waals surface area contributed by atoms with Gasteiger partial charge in [0, 0.05) is 30.1 Å². The molecule has 3 aromatic rings. The highest BCUT2D eigenvalue weighted by molar-refractivity contribution is 7.80. The second kappa shape index (κ2) is 7.75. The highest BCUT2D eigenvalue weighted by atomic mass is 32.1. The molecule has 0 amide bonds. The molecular weight excluding hydrogens is 350 g/mol. The lowest BCUT2D eigenvalue weighted by molar-refractivity contribution is -0.384. The Kier molecular flexibility index (Phi) is 5.23. The number of nitrogens with zero attached hydrogens (tertiary/aromatic N) is 3. The van der Waals surface area contributed by atoms with E-state index in [-0.39, 0.29) is 5.69 Å². The number of nitro groups is 1. The van der Waals surface area contributed by atoms with E-state index in [1.807, 2.05) is 29.1 Å². The summed E-state index contributed by atoms with van der Waals surface area (Å²) in [6, 6.07) is 16.1. The van der Waals surface area contributed by atoms with Crippen molar-refractivity contribution < 1.29 is 4.92 Å². The molecule has 2 N–H and O–H groups in total. The minimum Gasteiger partial charge on any atom is -0.332 e. The number of hydrogen-bond donors (Lipinski definition) is 2. The zero-order chi connectivity index (χ0) is 18.5. The van der Waals surface area contributed by atoms with Gasteiger partial charge in [0.1, 0.15) is 0 Å². The highest BCUT2D eigenvalue weighted by Gasteiger charge is 2.08. The van der Waals surface area contributed by atoms with Gasteiger partial charge in [-0.2, -0.15) is 5.10 Å². The van der Waals surface area contributed by atoms with Crippen LogP contribution in [0, 0.1) is 17.0 Å². The number of nitrogens with one attached hydrogen (secondary N) is 2. The number of benzene rings is 2. The van der Waals surface area contributed by atoms with Crippen LogP contribution >= 0.6 is 12.2 Å². The van der Waals surface area contributed by atoms with Gasteiger partial charge in [0.15, 0.2) is 10.9 Å². The molecular formula is C18H17N5O2S. The zero-order valence-electron chi connectivity index (χ0n) is 14.0. The normalized spacial score (nSPS) is 10.3. The fourth-order valence-electron chi connectivity index (χ4n) is 2.45. The minimum absolute atomic E-state index is 0.000286. The number of rotatable bonds is 5. The molecule has 0 saturated heterocycles. The van der Waals surface area contributed by atoms with Crippen molar-refractivity contribution in [2.75, 3.05) is 10.6 Å². The van der Waals surface area contributed by atoms with Crippen LogP contribution < -0.4 is 10.6 Å². The van der Waals surface area contributed by atoms with Crippen molar-refractivity contribution in [3.63, 3.8) is 0 Å². The first kappa shape index (κ1) is 17.6. The van der Waals surface area contributed by atoms with E-state index >= 15 is 0 Å². The molecule has 1 heterocycles. The molecule has 7 nitrogen and oxygen atoms in total. The van der Waals surface area contributed by atoms with Gasteiger partial charge in [0.05, 0.1) is 11.5 Å². The lowest BCUT2D eigenvalue weighted by Crippen LogP contribution is -2.19. The summed E-state index contributed by atoms with van der Waals surface area (Å²) in [7, 11) is 0. The van der Waals surface area contributed by atoms with E-state index in [0.29, 0.717) is 23.2 Å². The molecule has 26 heavy (non-hydrogen) atoms. The predicted molar refractivity (Wildman–Crippen MR) is 105 cm³/mol. The molecule has 132 valence electrons. The predicted octanol–water partition coefficient (Wildman–Crippen LogP) is 3.96. The second-order valence-corrected chi connectivity index (χ2v) is 6.12. The van der Waals surface area contributed by atoms with E-state index < -0.39 is 4.92 Å². The van der Waals surface area contributed by atoms with E-state index in [9.17, 15) is 10.1 Å². The summed E-state index contributed by atoms with van der Waals surface area (Å²) in [4.78, 5) is 10.4. The van der Waals surface area contributed by atoms with E-state index in [0.717, 1.165) is 0 Å². The summed E-state index contributed by atoms with van der Waals surface area (Å²) in [5, 5.41) is 21.5. The standard InChI is InChI=1S/C18H17N5O2S/c1-13-5-2-3-6-14(13)12-22-10-9-17(21-22)20-18(26)19-15-7-4-8-16(11-15)23(24)25/h2-11H,12H2,1H3,(H2,19,20,21,26). The molecule has 0 fully saturated rings. The Labute approximate surface area is 155 Å². The first-order valence-electron chi connectivity index (χ1n) is 7.92. The van der Waals surface area contributed by atoms with Crippen LogP contribution in [0.1, 0.15) is 11.1 Å². The maximum Gasteiger partial charge on any atom is 0.271 e. The zero-order valence-corrected chi connectivity index (χ0v) is 14.9. The quantitative estimate of drug-likeness (QED) is 0.403. The van der Waals surface area contributed by atoms with Crippen molar-refractivity contribution in [1.82, 2.24) is 9.78 Å². The first-order chi connectivity index (χ1) is 12.5. The van der Waals surface area contributed by atoms with Gasteiger partial charge in [-0.1, -0.05) is 30.3 Å². The second-order valence-electron chi connectivity index (χ2n) is 5.71. The molecule has 0 aliphatic carbocycles. The van der Waals surface area contributed by atoms with Gasteiger partial charge >= 0.3 is 0 Å². The Hall–Kier alpha value is -3.26. The molecule has 0 bridgehead atoms. The van der Waals surface area contributed by atoms with Crippen molar-refractivity contribution in [2.24, 2.45) is 0 Å². The third-order valence-electron chi connectivity index (χ3n) is 3.79. The van der Waals surface area contributed by atoms with Crippen LogP contribution in [-0.4, -0.2) is 19.8 Å². The van der Waals surface area contributed by atoms with Crippen LogP contribution in [0.2, 0.25) is 0 Å². The molecule has 3 rings (SSSR count). The SMILES string of the molecule is Cc1ccccc1Cn1ccc(NC(=S)Nc2cccc([N+](=O)[O-])c2)n1. The Morgan fingerprint density at radius 2 is 2.00 bits per heavy atom. The van der Waals surface area contributed by atoms with Gasteiger partial charge in [0.2, 0.25) is 0 Å². The Morgan fingerprint density at radius 1 is 1.19 bits per heavy atom. The van der Waals surface area contributed by atoms with Crippen LogP contribution in [0.5, 0.6) is 0 Å². The molecule has 0 saturated carbocycles. The molecule has 0 aliphatic rings. The molecule has 2 aromatic carbocycles. The summed E-state index contributed by atoms with van der Waals surface area (Å²) >= 11 is 5.25. The summed E-state index contributed by atoms with van der Waals surface area (Å²) in [6.07, 6.45) is 1.87. The fourth-order valence-corrected chi connectivity index (χ4v) is 2.68. The summed E-state index contributed by atoms with van der Waals surface area (Å²) < 4.78 is 1.82. The number of aromatic nitrogens is 2. The van der Waals surface area contributed by atoms with Gasteiger partial charge in [-0.25, -0.2) is 0 Å². The van der Waals surface area contributed by atoms with E-state index in [1.54, 1.807) is 12.1 Å². The first-order valence-corrected chi connectivity index (χ1v) is 8.32. The van der Waals surface area contributed by atoms with Gasteiger partial charge in [-0.15, -0.1) is 0 Å². The largest absolute Gasteiger partial charge is 0.332 e. The minimum atomic E-state index is -0.450. The molecule has 8 heteroatoms. The number of non-ortho nitro benzene ring substituents is 1. The number of aryl methyl sites for hydroxylation is 1. The van der Waals surface area contributed by atoms with Crippen molar-refractivity contribution in [2.45, 2.75) is 13.5 Å². The maximum atomic E-state index is 10.8. The number of anilines is 2. The van der Waals surface area contributed by atoms with Gasteiger partial charge in [0.25, 0.3) is 5.69 Å². The average Bonchev–Trinajstić information content (AvgIpc) is 3.04. The van der Waals surface area contributed by atoms with Crippen LogP contribution in [0.4, 0.5) is 17.2 Å². The smallest absolute Gasteiger partial charge is 0.271 e. The lowest BCUT2D eigenvalue weighted by Gasteiger charge is -2.08. The Bertz CT molecular complexity index is 954. The third-order valence-corrected chi connectivity index (χ3v) is 3.99. The summed E-state index contributed by atoms with van der Waals surface area (Å²) in [5.74, 6) is 0.599. The molecule has 0 unspecified atom stereocenters. The molecule has 0 radical (unpaired) electrons. The van der Waals surface area contributed by atoms with Crippen LogP contribution in [0.15, 0.2) is 60.8 Å². The van der Waals surface area contributed by atoms with Crippen molar-refractivity contribution in [3.8, 4) is 0 Å². The van der Waals surface area contributed by atoms with Crippen molar-refractivity contribution in [1.29, 1.82) is 0 Å². The summed E-state index contributed by atoms with van der Waals surface area (Å²) in [6.45, 7) is 2.73. The Morgan fingerprint density at radius 3 is 2.77 bits per heavy atom. The molecule has 0 aliphatic heterocycles. The Balaban J connectivity index is 1.62. The van der Waals surface area contributed by atoms with Crippen molar-refractivity contribution in [3.05, 3.63) is 82.0 Å². The molecule has 0 spiro atoms. The number of nitro benzene ring substituents is 1. The lowest BCUT2D eigenvalue weighted by atomic mass is 10.1. The van der Waals surface area contributed by atoms with E-state index in [1.165, 1.54) is 23.3 Å².